The summed E-state index contributed by atoms with van der Waals surface area (Å²) < 4.78 is 11.6. The van der Waals surface area contributed by atoms with E-state index in [1.54, 1.807) is 0 Å². The fraction of sp³-hybridized carbons (Fsp3) is 0. The van der Waals surface area contributed by atoms with E-state index in [1.165, 1.54) is 51.3 Å². The van der Waals surface area contributed by atoms with Crippen LogP contribution in [0.15, 0.2) is 168 Å². The molecule has 0 spiro atoms. The lowest BCUT2D eigenvalue weighted by Gasteiger charge is -2.10. The molecule has 0 unspecified atom stereocenters. The van der Waals surface area contributed by atoms with Gasteiger partial charge in [-0.3, -0.25) is 0 Å². The lowest BCUT2D eigenvalue weighted by Crippen LogP contribution is -2.00. The second kappa shape index (κ2) is 11.9. The van der Waals surface area contributed by atoms with Gasteiger partial charge in [-0.05, 0) is 82.6 Å². The third kappa shape index (κ3) is 4.85. The summed E-state index contributed by atoms with van der Waals surface area (Å²) in [7, 11) is 0. The zero-order valence-corrected chi connectivity index (χ0v) is 30.8. The summed E-state index contributed by atoms with van der Waals surface area (Å²) in [6.45, 7) is 0. The van der Waals surface area contributed by atoms with Gasteiger partial charge in [0.15, 0.2) is 17.5 Å². The van der Waals surface area contributed by atoms with Crippen molar-refractivity contribution >= 4 is 95.7 Å². The fourth-order valence-corrected chi connectivity index (χ4v) is 10.4. The van der Waals surface area contributed by atoms with Crippen molar-refractivity contribution < 1.29 is 4.42 Å². The number of hydrogen-bond acceptors (Lipinski definition) is 6. The highest BCUT2D eigenvalue weighted by atomic mass is 32.1. The standard InChI is InChI=1S/C49H27N3OS2/c1-2-10-29-25-31(20-19-28(29)9-1)47-50-48(32-22-24-43-37(27-32)34-11-3-5-16-41(34)54-43)52-49(51-47)36-14-7-15-40-45(36)38-26-30(21-23-39(38)53-40)33-13-8-18-44-46(33)35-12-4-6-17-42(35)55-44/h1-27H. The molecule has 0 fully saturated rings. The van der Waals surface area contributed by atoms with Crippen LogP contribution in [0, 0.1) is 0 Å². The molecule has 0 amide bonds. The van der Waals surface area contributed by atoms with E-state index < -0.39 is 0 Å². The molecule has 12 aromatic rings. The summed E-state index contributed by atoms with van der Waals surface area (Å²) in [5, 5.41) is 9.34. The molecule has 8 aromatic carbocycles. The Morgan fingerprint density at radius 1 is 0.345 bits per heavy atom. The van der Waals surface area contributed by atoms with Gasteiger partial charge in [0.2, 0.25) is 0 Å². The van der Waals surface area contributed by atoms with Crippen molar-refractivity contribution in [2.45, 2.75) is 0 Å². The first-order valence-corrected chi connectivity index (χ1v) is 19.9. The van der Waals surface area contributed by atoms with Crippen molar-refractivity contribution in [1.29, 1.82) is 0 Å². The fourth-order valence-electron chi connectivity index (χ4n) is 8.14. The van der Waals surface area contributed by atoms with Gasteiger partial charge in [0.1, 0.15) is 11.2 Å². The maximum Gasteiger partial charge on any atom is 0.164 e. The highest BCUT2D eigenvalue weighted by Gasteiger charge is 2.20. The number of benzene rings is 8. The largest absolute Gasteiger partial charge is 0.456 e. The van der Waals surface area contributed by atoms with E-state index in [0.29, 0.717) is 17.5 Å². The average Bonchev–Trinajstić information content (AvgIpc) is 3.94. The smallest absolute Gasteiger partial charge is 0.164 e. The van der Waals surface area contributed by atoms with Crippen molar-refractivity contribution in [2.75, 3.05) is 0 Å². The van der Waals surface area contributed by atoms with E-state index in [0.717, 1.165) is 49.6 Å². The first-order valence-electron chi connectivity index (χ1n) is 18.3. The maximum absolute atomic E-state index is 6.54. The Balaban J connectivity index is 1.09. The van der Waals surface area contributed by atoms with Crippen LogP contribution in [0.1, 0.15) is 0 Å². The van der Waals surface area contributed by atoms with E-state index in [2.05, 4.69) is 152 Å². The van der Waals surface area contributed by atoms with Crippen LogP contribution >= 0.6 is 22.7 Å². The van der Waals surface area contributed by atoms with E-state index in [1.807, 2.05) is 34.8 Å². The highest BCUT2D eigenvalue weighted by Crippen LogP contribution is 2.43. The zero-order valence-electron chi connectivity index (χ0n) is 29.2. The van der Waals surface area contributed by atoms with Gasteiger partial charge < -0.3 is 4.42 Å². The molecule has 0 aliphatic carbocycles. The molecule has 0 aliphatic heterocycles. The van der Waals surface area contributed by atoms with Crippen molar-refractivity contribution in [3.63, 3.8) is 0 Å². The van der Waals surface area contributed by atoms with E-state index in [9.17, 15) is 0 Å². The van der Waals surface area contributed by atoms with Crippen LogP contribution in [-0.4, -0.2) is 15.0 Å². The predicted molar refractivity (Wildman–Crippen MR) is 232 cm³/mol. The Hall–Kier alpha value is -6.73. The second-order valence-corrected chi connectivity index (χ2v) is 16.1. The molecule has 55 heavy (non-hydrogen) atoms. The quantitative estimate of drug-likeness (QED) is 0.180. The normalized spacial score (nSPS) is 12.0. The number of thiophene rings is 2. The van der Waals surface area contributed by atoms with Gasteiger partial charge in [0.25, 0.3) is 0 Å². The molecule has 0 bridgehead atoms. The maximum atomic E-state index is 6.54. The number of rotatable bonds is 4. The Labute approximate surface area is 322 Å². The zero-order chi connectivity index (χ0) is 36.0. The third-order valence-electron chi connectivity index (χ3n) is 10.7. The average molecular weight is 738 g/mol. The topological polar surface area (TPSA) is 51.8 Å². The van der Waals surface area contributed by atoms with Gasteiger partial charge in [-0.15, -0.1) is 22.7 Å². The summed E-state index contributed by atoms with van der Waals surface area (Å²) in [5.74, 6) is 1.86. The molecule has 6 heteroatoms. The van der Waals surface area contributed by atoms with Crippen LogP contribution < -0.4 is 0 Å². The molecule has 0 atom stereocenters. The number of hydrogen-bond donors (Lipinski definition) is 0. The first kappa shape index (κ1) is 30.7. The summed E-state index contributed by atoms with van der Waals surface area (Å²) in [4.78, 5) is 15.7. The molecule has 256 valence electrons. The molecular formula is C49H27N3OS2. The molecule has 4 aromatic heterocycles. The van der Waals surface area contributed by atoms with Crippen LogP contribution in [0.25, 0.3) is 118 Å². The van der Waals surface area contributed by atoms with E-state index >= 15 is 0 Å². The van der Waals surface area contributed by atoms with Gasteiger partial charge in [-0.25, -0.2) is 15.0 Å². The number of aromatic nitrogens is 3. The van der Waals surface area contributed by atoms with Crippen LogP contribution in [0.3, 0.4) is 0 Å². The third-order valence-corrected chi connectivity index (χ3v) is 13.0. The van der Waals surface area contributed by atoms with Gasteiger partial charge in [0, 0.05) is 67.8 Å². The predicted octanol–water partition coefficient (Wildman–Crippen LogP) is 14.3. The van der Waals surface area contributed by atoms with Gasteiger partial charge in [-0.2, -0.15) is 0 Å². The molecule has 0 aliphatic rings. The van der Waals surface area contributed by atoms with Gasteiger partial charge >= 0.3 is 0 Å². The van der Waals surface area contributed by atoms with Crippen molar-refractivity contribution in [3.05, 3.63) is 164 Å². The summed E-state index contributed by atoms with van der Waals surface area (Å²) in [6, 6.07) is 57.9. The van der Waals surface area contributed by atoms with Crippen molar-refractivity contribution in [3.8, 4) is 45.3 Å². The molecule has 0 saturated carbocycles. The summed E-state index contributed by atoms with van der Waals surface area (Å²) >= 11 is 3.65. The number of furan rings is 1. The van der Waals surface area contributed by atoms with Crippen molar-refractivity contribution in [1.82, 2.24) is 15.0 Å². The van der Waals surface area contributed by atoms with Gasteiger partial charge in [0.05, 0.1) is 0 Å². The number of nitrogens with zero attached hydrogens (tertiary/aromatic N) is 3. The Morgan fingerprint density at radius 3 is 1.85 bits per heavy atom. The molecule has 12 rings (SSSR count). The van der Waals surface area contributed by atoms with Crippen molar-refractivity contribution in [2.24, 2.45) is 0 Å². The second-order valence-electron chi connectivity index (χ2n) is 13.9. The minimum absolute atomic E-state index is 0.605. The summed E-state index contributed by atoms with van der Waals surface area (Å²) in [5.41, 5.74) is 6.76. The molecule has 0 radical (unpaired) electrons. The van der Waals surface area contributed by atoms with Gasteiger partial charge in [-0.1, -0.05) is 103 Å². The van der Waals surface area contributed by atoms with E-state index in [4.69, 9.17) is 19.4 Å². The lowest BCUT2D eigenvalue weighted by atomic mass is 9.97. The molecule has 4 nitrogen and oxygen atoms in total. The Morgan fingerprint density at radius 2 is 0.964 bits per heavy atom. The first-order chi connectivity index (χ1) is 27.2. The molecule has 0 saturated heterocycles. The Kier molecular flexibility index (Phi) is 6.64. The Bertz CT molecular complexity index is 3520. The summed E-state index contributed by atoms with van der Waals surface area (Å²) in [6.07, 6.45) is 0. The van der Waals surface area contributed by atoms with Crippen LogP contribution in [-0.2, 0) is 0 Å². The molecule has 4 heterocycles. The van der Waals surface area contributed by atoms with E-state index in [-0.39, 0.29) is 0 Å². The van der Waals surface area contributed by atoms with Crippen LogP contribution in [0.2, 0.25) is 0 Å². The SMILES string of the molecule is c1ccc2cc(-c3nc(-c4ccc5sc6ccccc6c5c4)nc(-c4cccc5oc6ccc(-c7cccc8sc9ccccc9c78)cc6c45)n3)ccc2c1. The van der Waals surface area contributed by atoms with Crippen LogP contribution in [0.4, 0.5) is 0 Å². The minimum atomic E-state index is 0.605. The number of fused-ring (bicyclic) bond motifs is 10. The molecular weight excluding hydrogens is 711 g/mol. The minimum Gasteiger partial charge on any atom is -0.456 e. The molecule has 0 N–H and O–H groups in total. The van der Waals surface area contributed by atoms with Crippen LogP contribution in [0.5, 0.6) is 0 Å². The highest BCUT2D eigenvalue weighted by molar-refractivity contribution is 7.26. The lowest BCUT2D eigenvalue weighted by molar-refractivity contribution is 0.669. The monoisotopic (exact) mass is 737 g/mol.